The summed E-state index contributed by atoms with van der Waals surface area (Å²) in [7, 11) is 0. The SMILES string of the molecule is CC1CN(c2ccc(CNC(=O)N3CCSCC3)cn2)CCO1. The summed E-state index contributed by atoms with van der Waals surface area (Å²) >= 11 is 1.90. The fourth-order valence-electron chi connectivity index (χ4n) is 2.79. The van der Waals surface area contributed by atoms with Crippen molar-refractivity contribution in [2.45, 2.75) is 19.6 Å². The van der Waals surface area contributed by atoms with Gasteiger partial charge in [0.05, 0.1) is 12.7 Å². The van der Waals surface area contributed by atoms with Crippen LogP contribution in [0, 0.1) is 0 Å². The fourth-order valence-corrected chi connectivity index (χ4v) is 3.69. The molecule has 7 heteroatoms. The van der Waals surface area contributed by atoms with Gasteiger partial charge in [0.2, 0.25) is 0 Å². The van der Waals surface area contributed by atoms with Crippen LogP contribution in [0.1, 0.15) is 12.5 Å². The van der Waals surface area contributed by atoms with Gasteiger partial charge < -0.3 is 19.9 Å². The Kier molecular flexibility index (Phi) is 5.61. The van der Waals surface area contributed by atoms with Gasteiger partial charge in [0.1, 0.15) is 5.82 Å². The average Bonchev–Trinajstić information content (AvgIpc) is 2.61. The maximum absolute atomic E-state index is 12.1. The number of nitrogens with one attached hydrogen (secondary N) is 1. The lowest BCUT2D eigenvalue weighted by Crippen LogP contribution is -2.44. The highest BCUT2D eigenvalue weighted by Crippen LogP contribution is 2.15. The van der Waals surface area contributed by atoms with E-state index in [0.29, 0.717) is 6.54 Å². The standard InChI is InChI=1S/C16H24N4O2S/c1-13-12-20(4-7-22-13)15-3-2-14(10-17-15)11-18-16(21)19-5-8-23-9-6-19/h2-3,10,13H,4-9,11-12H2,1H3,(H,18,21). The zero-order valence-electron chi connectivity index (χ0n) is 13.5. The minimum absolute atomic E-state index is 0.0244. The maximum Gasteiger partial charge on any atom is 0.317 e. The average molecular weight is 336 g/mol. The molecular formula is C16H24N4O2S. The Morgan fingerprint density at radius 2 is 2.22 bits per heavy atom. The lowest BCUT2D eigenvalue weighted by molar-refractivity contribution is 0.0529. The first-order chi connectivity index (χ1) is 11.2. The Hall–Kier alpha value is -1.47. The molecule has 0 aromatic carbocycles. The highest BCUT2D eigenvalue weighted by atomic mass is 32.2. The van der Waals surface area contributed by atoms with Crippen molar-refractivity contribution in [3.8, 4) is 0 Å². The van der Waals surface area contributed by atoms with Crippen LogP contribution in [0.25, 0.3) is 0 Å². The molecule has 23 heavy (non-hydrogen) atoms. The molecule has 2 saturated heterocycles. The van der Waals surface area contributed by atoms with Gasteiger partial charge in [0.25, 0.3) is 0 Å². The minimum Gasteiger partial charge on any atom is -0.375 e. The van der Waals surface area contributed by atoms with Crippen LogP contribution >= 0.6 is 11.8 Å². The summed E-state index contributed by atoms with van der Waals surface area (Å²) in [6.45, 7) is 6.77. The third kappa shape index (κ3) is 4.51. The Balaban J connectivity index is 1.50. The molecule has 6 nitrogen and oxygen atoms in total. The van der Waals surface area contributed by atoms with E-state index in [9.17, 15) is 4.79 Å². The topological polar surface area (TPSA) is 57.7 Å². The van der Waals surface area contributed by atoms with Crippen LogP contribution in [-0.2, 0) is 11.3 Å². The molecule has 0 aliphatic carbocycles. The highest BCUT2D eigenvalue weighted by Gasteiger charge is 2.18. The molecule has 0 saturated carbocycles. The van der Waals surface area contributed by atoms with E-state index in [1.54, 1.807) is 0 Å². The summed E-state index contributed by atoms with van der Waals surface area (Å²) < 4.78 is 5.55. The number of nitrogens with zero attached hydrogens (tertiary/aromatic N) is 3. The monoisotopic (exact) mass is 336 g/mol. The highest BCUT2D eigenvalue weighted by molar-refractivity contribution is 7.99. The van der Waals surface area contributed by atoms with Gasteiger partial charge in [0.15, 0.2) is 0 Å². The summed E-state index contributed by atoms with van der Waals surface area (Å²) in [6.07, 6.45) is 2.09. The Bertz CT molecular complexity index is 519. The van der Waals surface area contributed by atoms with Crippen LogP contribution in [0.4, 0.5) is 10.6 Å². The van der Waals surface area contributed by atoms with E-state index in [-0.39, 0.29) is 12.1 Å². The summed E-state index contributed by atoms with van der Waals surface area (Å²) in [5.74, 6) is 3.03. The number of urea groups is 1. The Morgan fingerprint density at radius 1 is 1.39 bits per heavy atom. The third-order valence-corrected chi connectivity index (χ3v) is 5.06. The predicted octanol–water partition coefficient (Wildman–Crippen LogP) is 1.57. The smallest absolute Gasteiger partial charge is 0.317 e. The van der Waals surface area contributed by atoms with E-state index < -0.39 is 0 Å². The molecule has 1 atom stereocenters. The summed E-state index contributed by atoms with van der Waals surface area (Å²) in [5.41, 5.74) is 1.02. The molecule has 1 unspecified atom stereocenters. The van der Waals surface area contributed by atoms with Gasteiger partial charge in [-0.05, 0) is 18.6 Å². The second kappa shape index (κ2) is 7.88. The van der Waals surface area contributed by atoms with Crippen molar-refractivity contribution >= 4 is 23.6 Å². The maximum atomic E-state index is 12.1. The van der Waals surface area contributed by atoms with Crippen molar-refractivity contribution in [2.75, 3.05) is 49.2 Å². The molecule has 1 N–H and O–H groups in total. The molecule has 0 spiro atoms. The number of anilines is 1. The number of hydrogen-bond donors (Lipinski definition) is 1. The van der Waals surface area contributed by atoms with Crippen molar-refractivity contribution in [3.05, 3.63) is 23.9 Å². The normalized spacial score (nSPS) is 22.0. The molecule has 2 fully saturated rings. The molecule has 0 bridgehead atoms. The van der Waals surface area contributed by atoms with Crippen molar-refractivity contribution < 1.29 is 9.53 Å². The number of carbonyl (C=O) groups is 1. The lowest BCUT2D eigenvalue weighted by atomic mass is 10.2. The van der Waals surface area contributed by atoms with Crippen LogP contribution < -0.4 is 10.2 Å². The second-order valence-electron chi connectivity index (χ2n) is 5.91. The van der Waals surface area contributed by atoms with E-state index in [1.807, 2.05) is 35.0 Å². The van der Waals surface area contributed by atoms with Gasteiger partial charge in [-0.3, -0.25) is 0 Å². The number of carbonyl (C=O) groups excluding carboxylic acids is 1. The summed E-state index contributed by atoms with van der Waals surface area (Å²) in [6, 6.07) is 4.09. The number of rotatable bonds is 3. The molecule has 3 heterocycles. The molecule has 1 aromatic rings. The van der Waals surface area contributed by atoms with E-state index >= 15 is 0 Å². The number of ether oxygens (including phenoxy) is 1. The van der Waals surface area contributed by atoms with Gasteiger partial charge in [-0.2, -0.15) is 11.8 Å². The van der Waals surface area contributed by atoms with E-state index in [4.69, 9.17) is 4.74 Å². The van der Waals surface area contributed by atoms with Gasteiger partial charge >= 0.3 is 6.03 Å². The Morgan fingerprint density at radius 3 is 2.91 bits per heavy atom. The molecule has 2 aliphatic heterocycles. The van der Waals surface area contributed by atoms with Crippen molar-refractivity contribution in [1.82, 2.24) is 15.2 Å². The van der Waals surface area contributed by atoms with Gasteiger partial charge in [-0.1, -0.05) is 6.07 Å². The molecule has 0 radical (unpaired) electrons. The number of amides is 2. The number of pyridine rings is 1. The quantitative estimate of drug-likeness (QED) is 0.908. The second-order valence-corrected chi connectivity index (χ2v) is 7.13. The first kappa shape index (κ1) is 16.4. The van der Waals surface area contributed by atoms with E-state index in [2.05, 4.69) is 22.1 Å². The molecular weight excluding hydrogens is 312 g/mol. The molecule has 3 rings (SSSR count). The first-order valence-electron chi connectivity index (χ1n) is 8.14. The number of hydrogen-bond acceptors (Lipinski definition) is 5. The van der Waals surface area contributed by atoms with Crippen molar-refractivity contribution in [3.63, 3.8) is 0 Å². The van der Waals surface area contributed by atoms with Crippen molar-refractivity contribution in [1.29, 1.82) is 0 Å². The minimum atomic E-state index is 0.0244. The molecule has 126 valence electrons. The number of aromatic nitrogens is 1. The molecule has 2 amide bonds. The van der Waals surface area contributed by atoms with Gasteiger partial charge in [-0.25, -0.2) is 9.78 Å². The Labute approximate surface area is 141 Å². The largest absolute Gasteiger partial charge is 0.375 e. The molecule has 2 aliphatic rings. The van der Waals surface area contributed by atoms with Crippen LogP contribution in [0.3, 0.4) is 0 Å². The van der Waals surface area contributed by atoms with Crippen molar-refractivity contribution in [2.24, 2.45) is 0 Å². The van der Waals surface area contributed by atoms with Crippen LogP contribution in [-0.4, -0.2) is 66.3 Å². The van der Waals surface area contributed by atoms with E-state index in [1.165, 1.54) is 0 Å². The number of morpholine rings is 1. The third-order valence-electron chi connectivity index (χ3n) is 4.12. The van der Waals surface area contributed by atoms with Gasteiger partial charge in [-0.15, -0.1) is 0 Å². The summed E-state index contributed by atoms with van der Waals surface area (Å²) in [4.78, 5) is 20.7. The lowest BCUT2D eigenvalue weighted by Gasteiger charge is -2.32. The van der Waals surface area contributed by atoms with Crippen LogP contribution in [0.5, 0.6) is 0 Å². The zero-order chi connectivity index (χ0) is 16.1. The van der Waals surface area contributed by atoms with Gasteiger partial charge in [0, 0.05) is 50.4 Å². The summed E-state index contributed by atoms with van der Waals surface area (Å²) in [5, 5.41) is 2.98. The fraction of sp³-hybridized carbons (Fsp3) is 0.625. The zero-order valence-corrected chi connectivity index (χ0v) is 14.3. The number of thioether (sulfide) groups is 1. The van der Waals surface area contributed by atoms with E-state index in [0.717, 1.165) is 55.7 Å². The predicted molar refractivity (Wildman–Crippen MR) is 93.0 cm³/mol. The van der Waals surface area contributed by atoms with Crippen LogP contribution in [0.2, 0.25) is 0 Å². The first-order valence-corrected chi connectivity index (χ1v) is 9.30. The molecule has 1 aromatic heterocycles. The van der Waals surface area contributed by atoms with Crippen LogP contribution in [0.15, 0.2) is 18.3 Å².